The van der Waals surface area contributed by atoms with E-state index in [-0.39, 0.29) is 18.1 Å². The topological polar surface area (TPSA) is 103 Å². The number of H-pyrrole nitrogens is 1. The number of phosphoric ester groups is 1. The van der Waals surface area contributed by atoms with Crippen LogP contribution in [0.25, 0.3) is 0 Å². The summed E-state index contributed by atoms with van der Waals surface area (Å²) in [5.74, 6) is 0.0279. The number of aromatic amines is 1. The average molecular weight is 388 g/mol. The first-order valence-corrected chi connectivity index (χ1v) is 9.58. The van der Waals surface area contributed by atoms with Gasteiger partial charge in [0.25, 0.3) is 0 Å². The lowest BCUT2D eigenvalue weighted by Gasteiger charge is -2.18. The Bertz CT molecular complexity index is 830. The number of hydrogen-bond donors (Lipinski definition) is 2. The van der Waals surface area contributed by atoms with Crippen LogP contribution in [-0.4, -0.2) is 27.2 Å². The van der Waals surface area contributed by atoms with Crippen molar-refractivity contribution in [2.45, 2.75) is 39.0 Å². The fourth-order valence-corrected chi connectivity index (χ4v) is 3.29. The lowest BCUT2D eigenvalue weighted by atomic mass is 10.2. The molecule has 1 aromatic rings. The Morgan fingerprint density at radius 3 is 3.04 bits per heavy atom. The summed E-state index contributed by atoms with van der Waals surface area (Å²) in [4.78, 5) is 24.2. The van der Waals surface area contributed by atoms with Gasteiger partial charge in [-0.1, -0.05) is 24.9 Å². The van der Waals surface area contributed by atoms with Crippen molar-refractivity contribution in [2.24, 2.45) is 0 Å². The maximum atomic E-state index is 12.0. The number of ether oxygens (including phenoxy) is 1. The molecule has 138 valence electrons. The largest absolute Gasteiger partial charge is 0.527 e. The zero-order valence-electron chi connectivity index (χ0n) is 14.0. The Kier molecular flexibility index (Phi) is 6.53. The molecule has 1 aromatic heterocycles. The number of phosphoric acid groups is 1. The summed E-state index contributed by atoms with van der Waals surface area (Å²) in [5.41, 5.74) is 0.398. The van der Waals surface area contributed by atoms with Crippen molar-refractivity contribution in [2.75, 3.05) is 6.61 Å². The molecule has 1 fully saturated rings. The number of allylic oxidation sites excluding steroid dienone is 2. The van der Waals surface area contributed by atoms with Gasteiger partial charge in [-0.05, 0) is 32.8 Å². The standard InChI is InChI=1S/C15H21N2O6PS/c1-4-5-11(3)23-24(19,20)21-9-12-6-7-13(22-12)17-8-10(2)14(25)16-15(17)18/h4-5,8,12-13H,3,6-7,9H2,1-2H3,(H,19,20)(H,16,18,25)/b5-4-. The quantitative estimate of drug-likeness (QED) is 0.320. The Morgan fingerprint density at radius 1 is 1.64 bits per heavy atom. The molecule has 1 saturated heterocycles. The Labute approximate surface area is 150 Å². The summed E-state index contributed by atoms with van der Waals surface area (Å²) in [6.07, 6.45) is 4.93. The van der Waals surface area contributed by atoms with Crippen LogP contribution in [0.5, 0.6) is 0 Å². The molecule has 10 heteroatoms. The molecule has 8 nitrogen and oxygen atoms in total. The van der Waals surface area contributed by atoms with E-state index in [1.54, 1.807) is 26.1 Å². The summed E-state index contributed by atoms with van der Waals surface area (Å²) in [5, 5.41) is 0. The van der Waals surface area contributed by atoms with Gasteiger partial charge in [-0.3, -0.25) is 19.0 Å². The number of hydrogen-bond acceptors (Lipinski definition) is 6. The van der Waals surface area contributed by atoms with Crippen LogP contribution in [0.15, 0.2) is 35.5 Å². The third-order valence-electron chi connectivity index (χ3n) is 3.55. The van der Waals surface area contributed by atoms with Gasteiger partial charge in [0.15, 0.2) is 0 Å². The second-order valence-electron chi connectivity index (χ2n) is 5.59. The Morgan fingerprint density at radius 2 is 2.36 bits per heavy atom. The van der Waals surface area contributed by atoms with Crippen LogP contribution in [0.2, 0.25) is 0 Å². The molecule has 0 radical (unpaired) electrons. The van der Waals surface area contributed by atoms with E-state index in [0.29, 0.717) is 17.5 Å². The molecule has 25 heavy (non-hydrogen) atoms. The van der Waals surface area contributed by atoms with Crippen molar-refractivity contribution in [3.05, 3.63) is 51.4 Å². The van der Waals surface area contributed by atoms with E-state index in [9.17, 15) is 14.3 Å². The highest BCUT2D eigenvalue weighted by Crippen LogP contribution is 2.46. The molecular weight excluding hydrogens is 367 g/mol. The van der Waals surface area contributed by atoms with E-state index in [1.807, 2.05) is 0 Å². The molecule has 3 atom stereocenters. The fraction of sp³-hybridized carbons (Fsp3) is 0.467. The van der Waals surface area contributed by atoms with Crippen LogP contribution in [0.4, 0.5) is 0 Å². The van der Waals surface area contributed by atoms with Crippen LogP contribution in [0, 0.1) is 11.6 Å². The predicted octanol–water partition coefficient (Wildman–Crippen LogP) is 3.12. The summed E-state index contributed by atoms with van der Waals surface area (Å²) in [6.45, 7) is 6.87. The molecule has 0 amide bonds. The molecule has 1 aliphatic rings. The lowest BCUT2D eigenvalue weighted by molar-refractivity contribution is -0.0248. The van der Waals surface area contributed by atoms with Gasteiger partial charge in [0.1, 0.15) is 16.6 Å². The van der Waals surface area contributed by atoms with Gasteiger partial charge < -0.3 is 9.26 Å². The number of rotatable bonds is 7. The number of nitrogens with zero attached hydrogens (tertiary/aromatic N) is 1. The summed E-state index contributed by atoms with van der Waals surface area (Å²) >= 11 is 5.02. The minimum Gasteiger partial charge on any atom is -0.405 e. The van der Waals surface area contributed by atoms with E-state index in [0.717, 1.165) is 5.56 Å². The maximum absolute atomic E-state index is 12.0. The highest BCUT2D eigenvalue weighted by Gasteiger charge is 2.31. The van der Waals surface area contributed by atoms with Gasteiger partial charge in [0.05, 0.1) is 12.7 Å². The minimum absolute atomic E-state index is 0.0279. The van der Waals surface area contributed by atoms with Crippen LogP contribution in [0.1, 0.15) is 31.6 Å². The summed E-state index contributed by atoms with van der Waals surface area (Å²) in [6, 6.07) is 0. The van der Waals surface area contributed by atoms with E-state index in [1.165, 1.54) is 10.6 Å². The van der Waals surface area contributed by atoms with E-state index >= 15 is 0 Å². The van der Waals surface area contributed by atoms with E-state index < -0.39 is 20.2 Å². The Balaban J connectivity index is 1.94. The zero-order valence-corrected chi connectivity index (χ0v) is 15.7. The molecule has 3 unspecified atom stereocenters. The zero-order chi connectivity index (χ0) is 18.6. The maximum Gasteiger partial charge on any atom is 0.527 e. The van der Waals surface area contributed by atoms with Gasteiger partial charge in [-0.15, -0.1) is 0 Å². The van der Waals surface area contributed by atoms with Crippen molar-refractivity contribution >= 4 is 20.0 Å². The second kappa shape index (κ2) is 8.25. The van der Waals surface area contributed by atoms with Gasteiger partial charge in [-0.2, -0.15) is 0 Å². The molecule has 0 saturated carbocycles. The summed E-state index contributed by atoms with van der Waals surface area (Å²) < 4.78 is 29.1. The summed E-state index contributed by atoms with van der Waals surface area (Å²) in [7, 11) is -4.27. The van der Waals surface area contributed by atoms with Crippen LogP contribution < -0.4 is 5.69 Å². The van der Waals surface area contributed by atoms with Gasteiger partial charge in [-0.25, -0.2) is 9.36 Å². The van der Waals surface area contributed by atoms with Crippen molar-refractivity contribution < 1.29 is 23.2 Å². The predicted molar refractivity (Wildman–Crippen MR) is 94.6 cm³/mol. The van der Waals surface area contributed by atoms with Gasteiger partial charge in [0, 0.05) is 11.8 Å². The van der Waals surface area contributed by atoms with Crippen LogP contribution in [0.3, 0.4) is 0 Å². The highest BCUT2D eigenvalue weighted by atomic mass is 32.1. The average Bonchev–Trinajstić information content (AvgIpc) is 2.97. The molecule has 0 aromatic carbocycles. The smallest absolute Gasteiger partial charge is 0.405 e. The molecule has 2 rings (SSSR count). The molecule has 0 spiro atoms. The van der Waals surface area contributed by atoms with Crippen LogP contribution in [-0.2, 0) is 18.3 Å². The second-order valence-corrected chi connectivity index (χ2v) is 7.38. The highest BCUT2D eigenvalue weighted by molar-refractivity contribution is 7.71. The van der Waals surface area contributed by atoms with Gasteiger partial charge in [0.2, 0.25) is 0 Å². The molecule has 2 N–H and O–H groups in total. The first kappa shape index (κ1) is 19.8. The molecule has 0 bridgehead atoms. The molecular formula is C15H21N2O6PS. The van der Waals surface area contributed by atoms with Gasteiger partial charge >= 0.3 is 13.5 Å². The number of nitrogens with one attached hydrogen (secondary N) is 1. The molecule has 2 heterocycles. The third kappa shape index (κ3) is 5.49. The van der Waals surface area contributed by atoms with Crippen molar-refractivity contribution in [3.63, 3.8) is 0 Å². The lowest BCUT2D eigenvalue weighted by Crippen LogP contribution is -2.28. The first-order valence-electron chi connectivity index (χ1n) is 7.68. The van der Waals surface area contributed by atoms with E-state index in [4.69, 9.17) is 26.0 Å². The Hall–Kier alpha value is -1.51. The number of aromatic nitrogens is 2. The monoisotopic (exact) mass is 388 g/mol. The van der Waals surface area contributed by atoms with Crippen molar-refractivity contribution in [3.8, 4) is 0 Å². The molecule has 1 aliphatic heterocycles. The normalized spacial score (nSPS) is 22.8. The minimum atomic E-state index is -4.27. The first-order chi connectivity index (χ1) is 11.7. The van der Waals surface area contributed by atoms with Crippen molar-refractivity contribution in [1.29, 1.82) is 0 Å². The van der Waals surface area contributed by atoms with Crippen LogP contribution >= 0.6 is 20.0 Å². The SMILES string of the molecule is C=C(/C=C\C)OP(=O)(O)OCC1CCC(n2cc(C)c(=S)[nH]c2=O)O1. The van der Waals surface area contributed by atoms with Crippen molar-refractivity contribution in [1.82, 2.24) is 9.55 Å². The molecule has 0 aliphatic carbocycles. The van der Waals surface area contributed by atoms with E-state index in [2.05, 4.69) is 11.6 Å². The number of aryl methyl sites for hydroxylation is 1. The fourth-order valence-electron chi connectivity index (χ4n) is 2.38. The third-order valence-corrected chi connectivity index (χ3v) is 4.91.